The number of rotatable bonds is 27. The van der Waals surface area contributed by atoms with Gasteiger partial charge in [0.15, 0.2) is 0 Å². The van der Waals surface area contributed by atoms with E-state index in [1.165, 1.54) is 154 Å². The van der Waals surface area contributed by atoms with Gasteiger partial charge in [0.05, 0.1) is 6.10 Å². The lowest BCUT2D eigenvalue weighted by molar-refractivity contribution is 0.0326. The first-order chi connectivity index (χ1) is 17.8. The maximum atomic E-state index is 11.5. The molecule has 212 valence electrons. The average molecular weight is 505 g/mol. The lowest BCUT2D eigenvalue weighted by atomic mass is 9.86. The molecule has 1 aliphatic rings. The van der Waals surface area contributed by atoms with Crippen molar-refractivity contribution in [3.05, 3.63) is 6.42 Å². The molecule has 0 bridgehead atoms. The maximum absolute atomic E-state index is 11.5. The van der Waals surface area contributed by atoms with Crippen LogP contribution in [0, 0.1) is 18.3 Å². The van der Waals surface area contributed by atoms with Crippen LogP contribution in [0.4, 0.5) is 0 Å². The summed E-state index contributed by atoms with van der Waals surface area (Å²) in [6, 6.07) is 0. The molecule has 0 amide bonds. The largest absolute Gasteiger partial charge is 0.378 e. The molecule has 2 heteroatoms. The highest BCUT2D eigenvalue weighted by molar-refractivity contribution is 5.54. The number of hydrogen-bond acceptors (Lipinski definition) is 2. The van der Waals surface area contributed by atoms with Crippen molar-refractivity contribution in [2.45, 2.75) is 187 Å². The fourth-order valence-electron chi connectivity index (χ4n) is 5.89. The minimum Gasteiger partial charge on any atom is -0.378 e. The van der Waals surface area contributed by atoms with Crippen LogP contribution in [0.2, 0.25) is 0 Å². The maximum Gasteiger partial charge on any atom is 0.201 e. The predicted octanol–water partition coefficient (Wildman–Crippen LogP) is 11.1. The van der Waals surface area contributed by atoms with Crippen LogP contribution in [-0.4, -0.2) is 19.0 Å². The molecule has 1 aliphatic carbocycles. The highest BCUT2D eigenvalue weighted by Gasteiger charge is 2.15. The first-order valence-corrected chi connectivity index (χ1v) is 16.6. The van der Waals surface area contributed by atoms with Gasteiger partial charge in [-0.15, -0.1) is 0 Å². The van der Waals surface area contributed by atoms with Crippen LogP contribution in [0.3, 0.4) is 0 Å². The Balaban J connectivity index is 2.04. The van der Waals surface area contributed by atoms with Gasteiger partial charge < -0.3 is 4.74 Å². The second-order valence-electron chi connectivity index (χ2n) is 11.9. The van der Waals surface area contributed by atoms with Crippen molar-refractivity contribution in [1.29, 1.82) is 0 Å². The molecule has 0 N–H and O–H groups in total. The molecule has 2 unspecified atom stereocenters. The molecule has 1 saturated carbocycles. The Morgan fingerprint density at radius 3 is 1.69 bits per heavy atom. The second-order valence-corrected chi connectivity index (χ2v) is 11.9. The van der Waals surface area contributed by atoms with Gasteiger partial charge in [-0.1, -0.05) is 129 Å². The summed E-state index contributed by atoms with van der Waals surface area (Å²) in [5, 5.41) is 0. The molecule has 0 heterocycles. The van der Waals surface area contributed by atoms with E-state index in [2.05, 4.69) is 26.6 Å². The molecule has 0 spiro atoms. The van der Waals surface area contributed by atoms with Gasteiger partial charge >= 0.3 is 0 Å². The minimum atomic E-state index is 0.192. The van der Waals surface area contributed by atoms with Gasteiger partial charge in [-0.2, -0.15) is 0 Å². The molecular formula is C34H64O2. The van der Waals surface area contributed by atoms with Crippen LogP contribution in [-0.2, 0) is 9.53 Å². The van der Waals surface area contributed by atoms with E-state index >= 15 is 0 Å². The summed E-state index contributed by atoms with van der Waals surface area (Å²) in [5.74, 6) is 1.03. The van der Waals surface area contributed by atoms with Crippen molar-refractivity contribution in [3.8, 4) is 0 Å². The van der Waals surface area contributed by atoms with Gasteiger partial charge in [0.1, 0.15) is 0 Å². The summed E-state index contributed by atoms with van der Waals surface area (Å²) in [6.45, 7) is 5.53. The molecule has 2 radical (unpaired) electrons. The van der Waals surface area contributed by atoms with Crippen molar-refractivity contribution in [3.63, 3.8) is 0 Å². The summed E-state index contributed by atoms with van der Waals surface area (Å²) in [4.78, 5) is 11.5. The zero-order valence-corrected chi connectivity index (χ0v) is 24.7. The number of ether oxygens (including phenoxy) is 1. The molecule has 2 atom stereocenters. The van der Waals surface area contributed by atoms with E-state index < -0.39 is 0 Å². The summed E-state index contributed by atoms with van der Waals surface area (Å²) in [6.07, 6.45) is 39.4. The Kier molecular flexibility index (Phi) is 24.5. The van der Waals surface area contributed by atoms with Gasteiger partial charge in [0, 0.05) is 12.5 Å². The molecular weight excluding hydrogens is 440 g/mol. The normalized spacial score (nSPS) is 16.3. The predicted molar refractivity (Wildman–Crippen MR) is 158 cm³/mol. The standard InChI is InChI=1S/C34H64O2/c1-3-5-7-17-23-32(28-29-33(31-35)25-18-8-6-4-2)24-19-14-12-10-9-11-13-15-22-30-36-34-26-20-16-21-27-34/h16,32-34H,3-15,17-30H2,1-2H3. The van der Waals surface area contributed by atoms with Gasteiger partial charge in [-0.25, -0.2) is 0 Å². The van der Waals surface area contributed by atoms with E-state index in [0.717, 1.165) is 25.4 Å². The van der Waals surface area contributed by atoms with Gasteiger partial charge in [-0.05, 0) is 63.7 Å². The number of unbranched alkanes of at least 4 members (excludes halogenated alkanes) is 14. The fourth-order valence-corrected chi connectivity index (χ4v) is 5.89. The average Bonchev–Trinajstić information content (AvgIpc) is 2.91. The third-order valence-electron chi connectivity index (χ3n) is 8.46. The smallest absolute Gasteiger partial charge is 0.201 e. The van der Waals surface area contributed by atoms with Crippen LogP contribution in [0.1, 0.15) is 181 Å². The van der Waals surface area contributed by atoms with Gasteiger partial charge in [-0.3, -0.25) is 4.79 Å². The Morgan fingerprint density at radius 1 is 0.639 bits per heavy atom. The summed E-state index contributed by atoms with van der Waals surface area (Å²) in [7, 11) is 0. The first kappa shape index (κ1) is 33.7. The molecule has 2 nitrogen and oxygen atoms in total. The molecule has 1 rings (SSSR count). The van der Waals surface area contributed by atoms with E-state index in [0.29, 0.717) is 6.10 Å². The topological polar surface area (TPSA) is 26.3 Å². The van der Waals surface area contributed by atoms with E-state index in [1.54, 1.807) is 0 Å². The summed E-state index contributed by atoms with van der Waals surface area (Å²) >= 11 is 0. The molecule has 0 saturated heterocycles. The molecule has 36 heavy (non-hydrogen) atoms. The Hall–Kier alpha value is -0.370. The Labute approximate surface area is 227 Å². The quantitative estimate of drug-likeness (QED) is 0.104. The molecule has 1 fully saturated rings. The van der Waals surface area contributed by atoms with E-state index in [9.17, 15) is 4.79 Å². The highest BCUT2D eigenvalue weighted by Crippen LogP contribution is 2.26. The summed E-state index contributed by atoms with van der Waals surface area (Å²) < 4.78 is 6.03. The molecule has 0 aromatic heterocycles. The van der Waals surface area contributed by atoms with E-state index in [1.807, 2.05) is 0 Å². The minimum absolute atomic E-state index is 0.192. The zero-order chi connectivity index (χ0) is 25.9. The molecule has 0 aliphatic heterocycles. The van der Waals surface area contributed by atoms with Crippen molar-refractivity contribution < 1.29 is 9.53 Å². The first-order valence-electron chi connectivity index (χ1n) is 16.6. The van der Waals surface area contributed by atoms with E-state index in [-0.39, 0.29) is 5.92 Å². The van der Waals surface area contributed by atoms with Crippen LogP contribution in [0.5, 0.6) is 0 Å². The number of hydrogen-bond donors (Lipinski definition) is 0. The zero-order valence-electron chi connectivity index (χ0n) is 24.7. The lowest BCUT2D eigenvalue weighted by Crippen LogP contribution is -2.17. The van der Waals surface area contributed by atoms with Crippen molar-refractivity contribution in [2.75, 3.05) is 6.61 Å². The third-order valence-corrected chi connectivity index (χ3v) is 8.46. The monoisotopic (exact) mass is 504 g/mol. The molecule has 0 aromatic rings. The fraction of sp³-hybridized carbons (Fsp3) is 0.941. The van der Waals surface area contributed by atoms with Crippen LogP contribution in [0.15, 0.2) is 0 Å². The Morgan fingerprint density at radius 2 is 1.14 bits per heavy atom. The lowest BCUT2D eigenvalue weighted by Gasteiger charge is -2.21. The molecule has 0 aromatic carbocycles. The second kappa shape index (κ2) is 26.2. The summed E-state index contributed by atoms with van der Waals surface area (Å²) in [5.41, 5.74) is 0. The van der Waals surface area contributed by atoms with Gasteiger partial charge in [0.25, 0.3) is 0 Å². The highest BCUT2D eigenvalue weighted by atomic mass is 16.5. The number of carbonyl (C=O) groups excluding carboxylic acids is 1. The van der Waals surface area contributed by atoms with Crippen LogP contribution < -0.4 is 0 Å². The SMILES string of the molecule is CCCCCCC([C]=O)CCC(CCCCCC)CCCCCCCCCCCOC1CC[CH]CC1. The van der Waals surface area contributed by atoms with Crippen molar-refractivity contribution >= 4 is 6.29 Å². The van der Waals surface area contributed by atoms with Crippen LogP contribution in [0.25, 0.3) is 0 Å². The van der Waals surface area contributed by atoms with Crippen molar-refractivity contribution in [1.82, 2.24) is 0 Å². The van der Waals surface area contributed by atoms with Crippen LogP contribution >= 0.6 is 0 Å². The van der Waals surface area contributed by atoms with Crippen molar-refractivity contribution in [2.24, 2.45) is 11.8 Å². The third kappa shape index (κ3) is 20.7. The Bertz CT molecular complexity index is 442. The van der Waals surface area contributed by atoms with Gasteiger partial charge in [0.2, 0.25) is 6.29 Å². The van der Waals surface area contributed by atoms with E-state index in [4.69, 9.17) is 4.74 Å².